The van der Waals surface area contributed by atoms with E-state index in [1.807, 2.05) is 25.1 Å². The molecule has 1 saturated heterocycles. The molecule has 0 bridgehead atoms. The van der Waals surface area contributed by atoms with E-state index in [-0.39, 0.29) is 23.7 Å². The van der Waals surface area contributed by atoms with E-state index < -0.39 is 0 Å². The lowest BCUT2D eigenvalue weighted by Crippen LogP contribution is -2.37. The van der Waals surface area contributed by atoms with Crippen molar-refractivity contribution in [3.8, 4) is 0 Å². The molecule has 1 N–H and O–H groups in total. The first kappa shape index (κ1) is 16.2. The number of halogens is 1. The van der Waals surface area contributed by atoms with Gasteiger partial charge in [0, 0.05) is 25.1 Å². The second kappa shape index (κ2) is 6.83. The Bertz CT molecular complexity index is 758. The smallest absolute Gasteiger partial charge is 0.251 e. The van der Waals surface area contributed by atoms with E-state index in [0.717, 1.165) is 11.1 Å². The number of aryl methyl sites for hydroxylation is 1. The number of nitrogens with one attached hydrogen (secondary N) is 1. The first-order valence-corrected chi connectivity index (χ1v) is 7.91. The van der Waals surface area contributed by atoms with E-state index >= 15 is 0 Å². The van der Waals surface area contributed by atoms with Gasteiger partial charge in [-0.15, -0.1) is 0 Å². The molecular weight excluding hydrogens is 307 g/mol. The molecule has 0 radical (unpaired) electrons. The van der Waals surface area contributed by atoms with Crippen molar-refractivity contribution in [2.75, 3.05) is 6.54 Å². The third-order valence-corrected chi connectivity index (χ3v) is 4.23. The van der Waals surface area contributed by atoms with Crippen LogP contribution in [-0.4, -0.2) is 29.3 Å². The lowest BCUT2D eigenvalue weighted by molar-refractivity contribution is -0.128. The highest BCUT2D eigenvalue weighted by atomic mass is 19.1. The highest BCUT2D eigenvalue weighted by Gasteiger charge is 2.30. The maximum absolute atomic E-state index is 12.9. The van der Waals surface area contributed by atoms with Crippen molar-refractivity contribution < 1.29 is 14.0 Å². The molecule has 0 unspecified atom stereocenters. The largest absolute Gasteiger partial charge is 0.347 e. The summed E-state index contributed by atoms with van der Waals surface area (Å²) in [5, 5.41) is 2.93. The maximum Gasteiger partial charge on any atom is 0.251 e. The van der Waals surface area contributed by atoms with Crippen LogP contribution in [0.25, 0.3) is 0 Å². The number of hydrogen-bond donors (Lipinski definition) is 1. The van der Waals surface area contributed by atoms with Crippen LogP contribution in [0.1, 0.15) is 27.9 Å². The Labute approximate surface area is 140 Å². The standard InChI is InChI=1S/C19H19FN2O2/c1-13-4-2-3-5-17(13)19(24)21-16-10-18(23)22(12-16)11-14-6-8-15(20)9-7-14/h2-9,16H,10-12H2,1H3,(H,21,24)/t16-/m0/s1. The van der Waals surface area contributed by atoms with Crippen LogP contribution in [0.3, 0.4) is 0 Å². The van der Waals surface area contributed by atoms with Gasteiger partial charge in [0.15, 0.2) is 0 Å². The second-order valence-electron chi connectivity index (χ2n) is 6.09. The Hall–Kier alpha value is -2.69. The highest BCUT2D eigenvalue weighted by Crippen LogP contribution is 2.16. The molecule has 2 amide bonds. The third-order valence-electron chi connectivity index (χ3n) is 4.23. The van der Waals surface area contributed by atoms with Crippen LogP contribution < -0.4 is 5.32 Å². The summed E-state index contributed by atoms with van der Waals surface area (Å²) in [6.45, 7) is 2.78. The molecule has 0 aliphatic carbocycles. The molecule has 1 aliphatic heterocycles. The molecule has 0 saturated carbocycles. The van der Waals surface area contributed by atoms with E-state index in [9.17, 15) is 14.0 Å². The summed E-state index contributed by atoms with van der Waals surface area (Å²) >= 11 is 0. The summed E-state index contributed by atoms with van der Waals surface area (Å²) < 4.78 is 12.9. The van der Waals surface area contributed by atoms with Crippen LogP contribution in [0.4, 0.5) is 4.39 Å². The maximum atomic E-state index is 12.9. The molecule has 5 heteroatoms. The summed E-state index contributed by atoms with van der Waals surface area (Å²) in [5.74, 6) is -0.459. The molecule has 1 aliphatic rings. The average Bonchev–Trinajstić information content (AvgIpc) is 2.89. The molecule has 1 atom stereocenters. The summed E-state index contributed by atoms with van der Waals surface area (Å²) in [6.07, 6.45) is 0.290. The summed E-state index contributed by atoms with van der Waals surface area (Å²) in [6, 6.07) is 13.3. The molecule has 2 aromatic carbocycles. The zero-order valence-corrected chi connectivity index (χ0v) is 13.5. The zero-order chi connectivity index (χ0) is 17.1. The number of nitrogens with zero attached hydrogens (tertiary/aromatic N) is 1. The van der Waals surface area contributed by atoms with Gasteiger partial charge in [0.2, 0.25) is 5.91 Å². The van der Waals surface area contributed by atoms with Gasteiger partial charge in [-0.1, -0.05) is 30.3 Å². The van der Waals surface area contributed by atoms with Crippen LogP contribution in [0.5, 0.6) is 0 Å². The van der Waals surface area contributed by atoms with Crippen molar-refractivity contribution in [2.24, 2.45) is 0 Å². The fraction of sp³-hybridized carbons (Fsp3) is 0.263. The Balaban J connectivity index is 1.61. The molecule has 0 spiro atoms. The van der Waals surface area contributed by atoms with Crippen LogP contribution in [0.15, 0.2) is 48.5 Å². The highest BCUT2D eigenvalue weighted by molar-refractivity contribution is 5.96. The number of benzene rings is 2. The number of amides is 2. The van der Waals surface area contributed by atoms with Gasteiger partial charge in [-0.3, -0.25) is 9.59 Å². The van der Waals surface area contributed by atoms with Gasteiger partial charge in [-0.05, 0) is 36.2 Å². The minimum atomic E-state index is -0.296. The number of likely N-dealkylation sites (tertiary alicyclic amines) is 1. The number of carbonyl (C=O) groups is 2. The van der Waals surface area contributed by atoms with Gasteiger partial charge >= 0.3 is 0 Å². The quantitative estimate of drug-likeness (QED) is 0.939. The summed E-state index contributed by atoms with van der Waals surface area (Å²) in [5.41, 5.74) is 2.40. The number of rotatable bonds is 4. The normalized spacial score (nSPS) is 17.2. The van der Waals surface area contributed by atoms with E-state index in [4.69, 9.17) is 0 Å². The molecular formula is C19H19FN2O2. The first-order chi connectivity index (χ1) is 11.5. The minimum Gasteiger partial charge on any atom is -0.347 e. The Morgan fingerprint density at radius 2 is 1.92 bits per heavy atom. The monoisotopic (exact) mass is 326 g/mol. The molecule has 4 nitrogen and oxygen atoms in total. The van der Waals surface area contributed by atoms with Crippen molar-refractivity contribution >= 4 is 11.8 Å². The van der Waals surface area contributed by atoms with E-state index in [1.54, 1.807) is 23.1 Å². The Morgan fingerprint density at radius 1 is 1.21 bits per heavy atom. The third kappa shape index (κ3) is 3.62. The van der Waals surface area contributed by atoms with Gasteiger partial charge in [0.25, 0.3) is 5.91 Å². The van der Waals surface area contributed by atoms with E-state index in [1.165, 1.54) is 12.1 Å². The van der Waals surface area contributed by atoms with Crippen molar-refractivity contribution in [3.63, 3.8) is 0 Å². The van der Waals surface area contributed by atoms with Crippen LogP contribution >= 0.6 is 0 Å². The summed E-state index contributed by atoms with van der Waals surface area (Å²) in [4.78, 5) is 26.2. The van der Waals surface area contributed by atoms with Crippen molar-refractivity contribution in [3.05, 3.63) is 71.0 Å². The predicted octanol–water partition coefficient (Wildman–Crippen LogP) is 2.67. The second-order valence-corrected chi connectivity index (χ2v) is 6.09. The van der Waals surface area contributed by atoms with Crippen molar-refractivity contribution in [1.82, 2.24) is 10.2 Å². The molecule has 3 rings (SSSR count). The van der Waals surface area contributed by atoms with Gasteiger partial charge < -0.3 is 10.2 Å². The fourth-order valence-corrected chi connectivity index (χ4v) is 2.92. The minimum absolute atomic E-state index is 0.00518. The summed E-state index contributed by atoms with van der Waals surface area (Å²) in [7, 11) is 0. The number of carbonyl (C=O) groups excluding carboxylic acids is 2. The van der Waals surface area contributed by atoms with Crippen molar-refractivity contribution in [1.29, 1.82) is 0 Å². The van der Waals surface area contributed by atoms with E-state index in [2.05, 4.69) is 5.32 Å². The molecule has 124 valence electrons. The SMILES string of the molecule is Cc1ccccc1C(=O)N[C@H]1CC(=O)N(Cc2ccc(F)cc2)C1. The fourth-order valence-electron chi connectivity index (χ4n) is 2.92. The Kier molecular flexibility index (Phi) is 4.60. The topological polar surface area (TPSA) is 49.4 Å². The van der Waals surface area contributed by atoms with Gasteiger partial charge in [0.05, 0.1) is 6.04 Å². The van der Waals surface area contributed by atoms with Crippen LogP contribution in [0, 0.1) is 12.7 Å². The molecule has 1 fully saturated rings. The lowest BCUT2D eigenvalue weighted by Gasteiger charge is -2.17. The predicted molar refractivity (Wildman–Crippen MR) is 88.9 cm³/mol. The molecule has 2 aromatic rings. The van der Waals surface area contributed by atoms with Gasteiger partial charge in [0.1, 0.15) is 5.82 Å². The Morgan fingerprint density at radius 3 is 2.62 bits per heavy atom. The van der Waals surface area contributed by atoms with E-state index in [0.29, 0.717) is 25.1 Å². The number of hydrogen-bond acceptors (Lipinski definition) is 2. The zero-order valence-electron chi connectivity index (χ0n) is 13.5. The first-order valence-electron chi connectivity index (χ1n) is 7.91. The van der Waals surface area contributed by atoms with Crippen molar-refractivity contribution in [2.45, 2.75) is 25.9 Å². The van der Waals surface area contributed by atoms with Crippen LogP contribution in [-0.2, 0) is 11.3 Å². The van der Waals surface area contributed by atoms with Gasteiger partial charge in [-0.2, -0.15) is 0 Å². The molecule has 24 heavy (non-hydrogen) atoms. The average molecular weight is 326 g/mol. The molecule has 1 heterocycles. The lowest BCUT2D eigenvalue weighted by atomic mass is 10.1. The molecule has 0 aromatic heterocycles. The van der Waals surface area contributed by atoms with Crippen LogP contribution in [0.2, 0.25) is 0 Å². The van der Waals surface area contributed by atoms with Gasteiger partial charge in [-0.25, -0.2) is 4.39 Å².